The Morgan fingerprint density at radius 1 is 1.03 bits per heavy atom. The number of para-hydroxylation sites is 3. The molecule has 0 saturated heterocycles. The second-order valence-corrected chi connectivity index (χ2v) is 7.21. The van der Waals surface area contributed by atoms with Crippen LogP contribution in [0.4, 0.5) is 0 Å². The van der Waals surface area contributed by atoms with Gasteiger partial charge in [0.05, 0.1) is 23.3 Å². The lowest BCUT2D eigenvalue weighted by Gasteiger charge is -2.00. The molecule has 2 N–H and O–H groups in total. The first-order valence-corrected chi connectivity index (χ1v) is 10.2. The predicted molar refractivity (Wildman–Crippen MR) is 124 cm³/mol. The maximum Gasteiger partial charge on any atom is 0.244 e. The summed E-state index contributed by atoms with van der Waals surface area (Å²) < 4.78 is 1.80. The van der Waals surface area contributed by atoms with E-state index in [0.29, 0.717) is 12.4 Å². The molecule has 0 aliphatic carbocycles. The van der Waals surface area contributed by atoms with Crippen molar-refractivity contribution in [2.24, 2.45) is 0 Å². The number of fused-ring (bicyclic) bond motifs is 1. The molecule has 32 heavy (non-hydrogen) atoms. The molecule has 156 valence electrons. The van der Waals surface area contributed by atoms with Crippen LogP contribution in [0.5, 0.6) is 0 Å². The van der Waals surface area contributed by atoms with Crippen molar-refractivity contribution in [2.45, 2.75) is 6.54 Å². The van der Waals surface area contributed by atoms with Crippen molar-refractivity contribution in [1.82, 2.24) is 30.0 Å². The molecule has 0 aliphatic heterocycles. The topological polar surface area (TPSA) is 88.5 Å². The minimum absolute atomic E-state index is 0.213. The Morgan fingerprint density at radius 3 is 2.69 bits per heavy atom. The van der Waals surface area contributed by atoms with E-state index in [4.69, 9.17) is 5.10 Å². The molecule has 0 saturated carbocycles. The zero-order chi connectivity index (χ0) is 21.8. The second kappa shape index (κ2) is 8.69. The number of hydrogen-bond acceptors (Lipinski definition) is 4. The summed E-state index contributed by atoms with van der Waals surface area (Å²) in [5.74, 6) is 0.496. The van der Waals surface area contributed by atoms with Gasteiger partial charge in [0.1, 0.15) is 11.5 Å². The number of imidazole rings is 1. The molecule has 0 radical (unpaired) electrons. The maximum absolute atomic E-state index is 12.5. The van der Waals surface area contributed by atoms with E-state index in [1.54, 1.807) is 23.2 Å². The van der Waals surface area contributed by atoms with E-state index in [1.165, 1.54) is 6.08 Å². The van der Waals surface area contributed by atoms with Gasteiger partial charge in [0, 0.05) is 35.8 Å². The smallest absolute Gasteiger partial charge is 0.244 e. The normalized spacial score (nSPS) is 11.2. The fraction of sp³-hybridized carbons (Fsp3) is 0.0400. The van der Waals surface area contributed by atoms with Crippen molar-refractivity contribution in [2.75, 3.05) is 0 Å². The highest BCUT2D eigenvalue weighted by atomic mass is 16.1. The number of nitrogens with zero attached hydrogens (tertiary/aromatic N) is 4. The highest BCUT2D eigenvalue weighted by Crippen LogP contribution is 2.24. The SMILES string of the molecule is O=C(/C=C/c1cn(-c2ccccc2)nc1-c1cccnc1)NCc1nc2ccccc2[nH]1. The lowest BCUT2D eigenvalue weighted by Crippen LogP contribution is -2.20. The van der Waals surface area contributed by atoms with E-state index < -0.39 is 0 Å². The van der Waals surface area contributed by atoms with Crippen LogP contribution in [-0.2, 0) is 11.3 Å². The molecule has 7 nitrogen and oxygen atoms in total. The molecule has 5 aromatic rings. The minimum Gasteiger partial charge on any atom is -0.345 e. The predicted octanol–water partition coefficient (Wildman–Crippen LogP) is 4.14. The number of carbonyl (C=O) groups is 1. The molecule has 2 aromatic carbocycles. The third-order valence-electron chi connectivity index (χ3n) is 4.98. The van der Waals surface area contributed by atoms with Crippen LogP contribution in [0.1, 0.15) is 11.4 Å². The Kier molecular flexibility index (Phi) is 5.28. The van der Waals surface area contributed by atoms with E-state index in [0.717, 1.165) is 33.5 Å². The van der Waals surface area contributed by atoms with Gasteiger partial charge >= 0.3 is 0 Å². The quantitative estimate of drug-likeness (QED) is 0.404. The van der Waals surface area contributed by atoms with Crippen LogP contribution in [0, 0.1) is 0 Å². The first-order chi connectivity index (χ1) is 15.8. The van der Waals surface area contributed by atoms with E-state index >= 15 is 0 Å². The number of rotatable bonds is 6. The standard InChI is InChI=1S/C25H20N6O/c32-24(27-16-23-28-21-10-4-5-11-22(21)29-23)13-12-19-17-31(20-8-2-1-3-9-20)30-25(19)18-7-6-14-26-15-18/h1-15,17H,16H2,(H,27,32)(H,28,29)/b13-12+. The first kappa shape index (κ1) is 19.4. The van der Waals surface area contributed by atoms with Crippen molar-refractivity contribution >= 4 is 23.0 Å². The number of amides is 1. The number of aromatic amines is 1. The molecule has 0 fully saturated rings. The van der Waals surface area contributed by atoms with Crippen LogP contribution in [0.2, 0.25) is 0 Å². The third kappa shape index (κ3) is 4.17. The Morgan fingerprint density at radius 2 is 1.88 bits per heavy atom. The van der Waals surface area contributed by atoms with Gasteiger partial charge in [0.15, 0.2) is 0 Å². The molecule has 7 heteroatoms. The van der Waals surface area contributed by atoms with Gasteiger partial charge < -0.3 is 10.3 Å². The molecule has 3 aromatic heterocycles. The summed E-state index contributed by atoms with van der Waals surface area (Å²) in [5, 5.41) is 7.59. The summed E-state index contributed by atoms with van der Waals surface area (Å²) in [5.41, 5.74) is 5.21. The van der Waals surface area contributed by atoms with Crippen LogP contribution < -0.4 is 5.32 Å². The summed E-state index contributed by atoms with van der Waals surface area (Å²) in [6.07, 6.45) is 8.66. The summed E-state index contributed by atoms with van der Waals surface area (Å²) in [7, 11) is 0. The number of H-pyrrole nitrogens is 1. The van der Waals surface area contributed by atoms with Gasteiger partial charge in [0.2, 0.25) is 5.91 Å². The summed E-state index contributed by atoms with van der Waals surface area (Å²) in [6, 6.07) is 21.4. The molecular formula is C25H20N6O. The van der Waals surface area contributed by atoms with Crippen molar-refractivity contribution in [3.05, 3.63) is 103 Å². The molecule has 3 heterocycles. The van der Waals surface area contributed by atoms with Gasteiger partial charge in [0.25, 0.3) is 0 Å². The van der Waals surface area contributed by atoms with Crippen molar-refractivity contribution in [3.8, 4) is 16.9 Å². The molecule has 1 amide bonds. The molecule has 0 bridgehead atoms. The molecule has 0 aliphatic rings. The van der Waals surface area contributed by atoms with Crippen molar-refractivity contribution in [1.29, 1.82) is 0 Å². The number of benzene rings is 2. The Hall–Kier alpha value is -4.52. The zero-order valence-electron chi connectivity index (χ0n) is 17.1. The number of nitrogens with one attached hydrogen (secondary N) is 2. The summed E-state index contributed by atoms with van der Waals surface area (Å²) >= 11 is 0. The fourth-order valence-electron chi connectivity index (χ4n) is 3.43. The molecule has 5 rings (SSSR count). The molecule has 0 unspecified atom stereocenters. The van der Waals surface area contributed by atoms with Gasteiger partial charge in [-0.15, -0.1) is 0 Å². The zero-order valence-corrected chi connectivity index (χ0v) is 17.1. The minimum atomic E-state index is -0.213. The highest BCUT2D eigenvalue weighted by Gasteiger charge is 2.11. The Bertz CT molecular complexity index is 1350. The van der Waals surface area contributed by atoms with Crippen LogP contribution in [0.25, 0.3) is 34.1 Å². The highest BCUT2D eigenvalue weighted by molar-refractivity contribution is 5.92. The first-order valence-electron chi connectivity index (χ1n) is 10.2. The number of pyridine rings is 1. The van der Waals surface area contributed by atoms with Gasteiger partial charge in [-0.25, -0.2) is 9.67 Å². The van der Waals surface area contributed by atoms with Crippen LogP contribution in [0.15, 0.2) is 91.4 Å². The van der Waals surface area contributed by atoms with Crippen LogP contribution in [0.3, 0.4) is 0 Å². The average molecular weight is 420 g/mol. The van der Waals surface area contributed by atoms with Crippen LogP contribution >= 0.6 is 0 Å². The van der Waals surface area contributed by atoms with Crippen molar-refractivity contribution in [3.63, 3.8) is 0 Å². The van der Waals surface area contributed by atoms with E-state index in [1.807, 2.05) is 72.9 Å². The molecule has 0 spiro atoms. The number of hydrogen-bond donors (Lipinski definition) is 2. The Labute approximate surface area is 184 Å². The lowest BCUT2D eigenvalue weighted by molar-refractivity contribution is -0.116. The van der Waals surface area contributed by atoms with Gasteiger partial charge in [-0.2, -0.15) is 5.10 Å². The summed E-state index contributed by atoms with van der Waals surface area (Å²) in [6.45, 7) is 0.316. The van der Waals surface area contributed by atoms with E-state index in [2.05, 4.69) is 20.3 Å². The second-order valence-electron chi connectivity index (χ2n) is 7.21. The largest absolute Gasteiger partial charge is 0.345 e. The number of aromatic nitrogens is 5. The van der Waals surface area contributed by atoms with E-state index in [9.17, 15) is 4.79 Å². The molecule has 0 atom stereocenters. The van der Waals surface area contributed by atoms with Gasteiger partial charge in [-0.1, -0.05) is 30.3 Å². The third-order valence-corrected chi connectivity index (χ3v) is 4.98. The van der Waals surface area contributed by atoms with Crippen molar-refractivity contribution < 1.29 is 4.79 Å². The fourth-order valence-corrected chi connectivity index (χ4v) is 3.43. The average Bonchev–Trinajstić information content (AvgIpc) is 3.47. The summed E-state index contributed by atoms with van der Waals surface area (Å²) in [4.78, 5) is 24.3. The van der Waals surface area contributed by atoms with Gasteiger partial charge in [-0.3, -0.25) is 9.78 Å². The molecular weight excluding hydrogens is 400 g/mol. The monoisotopic (exact) mass is 420 g/mol. The Balaban J connectivity index is 1.36. The number of carbonyl (C=O) groups excluding carboxylic acids is 1. The maximum atomic E-state index is 12.5. The lowest BCUT2D eigenvalue weighted by atomic mass is 10.1. The van der Waals surface area contributed by atoms with Gasteiger partial charge in [-0.05, 0) is 42.5 Å². The van der Waals surface area contributed by atoms with E-state index in [-0.39, 0.29) is 5.91 Å². The van der Waals surface area contributed by atoms with Crippen LogP contribution in [-0.4, -0.2) is 30.6 Å².